The minimum Gasteiger partial charge on any atom is -0.350 e. The van der Waals surface area contributed by atoms with Crippen LogP contribution < -0.4 is 5.32 Å². The van der Waals surface area contributed by atoms with Gasteiger partial charge in [-0.3, -0.25) is 9.78 Å². The van der Waals surface area contributed by atoms with Crippen LogP contribution in [0.1, 0.15) is 30.6 Å². The van der Waals surface area contributed by atoms with E-state index < -0.39 is 0 Å². The summed E-state index contributed by atoms with van der Waals surface area (Å²) in [5.74, 6) is 0.0575. The maximum atomic E-state index is 12.0. The van der Waals surface area contributed by atoms with Gasteiger partial charge in [-0.2, -0.15) is 0 Å². The number of rotatable bonds is 6. The van der Waals surface area contributed by atoms with Crippen molar-refractivity contribution in [2.24, 2.45) is 0 Å². The molecule has 21 heavy (non-hydrogen) atoms. The van der Waals surface area contributed by atoms with Crippen LogP contribution in [0.4, 0.5) is 0 Å². The van der Waals surface area contributed by atoms with Crippen molar-refractivity contribution in [3.8, 4) is 0 Å². The number of amides is 1. The first-order valence-electron chi connectivity index (χ1n) is 7.02. The number of aromatic nitrogens is 1. The zero-order valence-electron chi connectivity index (χ0n) is 12.4. The number of carbonyl (C=O) groups excluding carboxylic acids is 1. The average molecular weight is 300 g/mol. The third kappa shape index (κ3) is 4.90. The number of hydrogen-bond acceptors (Lipinski definition) is 3. The van der Waals surface area contributed by atoms with Crippen LogP contribution in [0.3, 0.4) is 0 Å². The molecule has 0 aliphatic carbocycles. The van der Waals surface area contributed by atoms with Gasteiger partial charge in [-0.05, 0) is 49.4 Å². The second-order valence-electron chi connectivity index (χ2n) is 4.88. The Kier molecular flexibility index (Phi) is 5.81. The average Bonchev–Trinajstić information content (AvgIpc) is 2.54. The van der Waals surface area contributed by atoms with Crippen molar-refractivity contribution in [3.63, 3.8) is 0 Å². The summed E-state index contributed by atoms with van der Waals surface area (Å²) in [5, 5.41) is 3.03. The van der Waals surface area contributed by atoms with Gasteiger partial charge in [-0.15, -0.1) is 11.8 Å². The zero-order chi connectivity index (χ0) is 15.1. The maximum absolute atomic E-state index is 12.0. The summed E-state index contributed by atoms with van der Waals surface area (Å²) < 4.78 is 0. The molecule has 0 spiro atoms. The fourth-order valence-electron chi connectivity index (χ4n) is 2.08. The van der Waals surface area contributed by atoms with Gasteiger partial charge >= 0.3 is 0 Å². The third-order valence-electron chi connectivity index (χ3n) is 3.33. The second kappa shape index (κ2) is 7.84. The molecule has 1 atom stereocenters. The predicted molar refractivity (Wildman–Crippen MR) is 87.3 cm³/mol. The standard InChI is InChI=1S/C17H20N2OS/c1-13(14-6-9-16(21-2)10-7-14)19-17(20)11-8-15-5-3-4-12-18-15/h3-7,9-10,12-13H,8,11H2,1-2H3,(H,19,20)/t13-/m0/s1. The largest absolute Gasteiger partial charge is 0.350 e. The van der Waals surface area contributed by atoms with E-state index in [0.29, 0.717) is 12.8 Å². The summed E-state index contributed by atoms with van der Waals surface area (Å²) >= 11 is 1.71. The highest BCUT2D eigenvalue weighted by atomic mass is 32.2. The highest BCUT2D eigenvalue weighted by Gasteiger charge is 2.09. The number of thioether (sulfide) groups is 1. The van der Waals surface area contributed by atoms with E-state index in [9.17, 15) is 4.79 Å². The number of nitrogens with zero attached hydrogens (tertiary/aromatic N) is 1. The van der Waals surface area contributed by atoms with Gasteiger partial charge in [0.15, 0.2) is 0 Å². The SMILES string of the molecule is CSc1ccc([C@H](C)NC(=O)CCc2ccccn2)cc1. The molecule has 110 valence electrons. The fraction of sp³-hybridized carbons (Fsp3) is 0.294. The van der Waals surface area contributed by atoms with Crippen molar-refractivity contribution in [2.45, 2.75) is 30.7 Å². The maximum Gasteiger partial charge on any atom is 0.220 e. The Labute approximate surface area is 130 Å². The molecule has 3 nitrogen and oxygen atoms in total. The van der Waals surface area contributed by atoms with E-state index in [-0.39, 0.29) is 11.9 Å². The highest BCUT2D eigenvalue weighted by molar-refractivity contribution is 7.98. The van der Waals surface area contributed by atoms with Crippen LogP contribution in [-0.2, 0) is 11.2 Å². The number of nitrogens with one attached hydrogen (secondary N) is 1. The molecule has 0 saturated heterocycles. The highest BCUT2D eigenvalue weighted by Crippen LogP contribution is 2.18. The van der Waals surface area contributed by atoms with Crippen molar-refractivity contribution in [1.29, 1.82) is 0 Å². The van der Waals surface area contributed by atoms with E-state index in [1.165, 1.54) is 4.90 Å². The van der Waals surface area contributed by atoms with E-state index in [1.54, 1.807) is 18.0 Å². The summed E-state index contributed by atoms with van der Waals surface area (Å²) in [4.78, 5) is 17.4. The van der Waals surface area contributed by atoms with Gasteiger partial charge in [0.05, 0.1) is 6.04 Å². The predicted octanol–water partition coefficient (Wildman–Crippen LogP) is 3.61. The summed E-state index contributed by atoms with van der Waals surface area (Å²) in [7, 11) is 0. The van der Waals surface area contributed by atoms with Crippen molar-refractivity contribution >= 4 is 17.7 Å². The zero-order valence-corrected chi connectivity index (χ0v) is 13.2. The molecule has 0 unspecified atom stereocenters. The van der Waals surface area contributed by atoms with Crippen molar-refractivity contribution in [1.82, 2.24) is 10.3 Å². The van der Waals surface area contributed by atoms with Crippen molar-refractivity contribution in [3.05, 3.63) is 59.9 Å². The number of aryl methyl sites for hydroxylation is 1. The number of pyridine rings is 1. The Hall–Kier alpha value is -1.81. The summed E-state index contributed by atoms with van der Waals surface area (Å²) in [5.41, 5.74) is 2.07. The first kappa shape index (κ1) is 15.6. The fourth-order valence-corrected chi connectivity index (χ4v) is 2.49. The van der Waals surface area contributed by atoms with Crippen LogP contribution in [0, 0.1) is 0 Å². The van der Waals surface area contributed by atoms with Gasteiger partial charge in [0.1, 0.15) is 0 Å². The van der Waals surface area contributed by atoms with E-state index >= 15 is 0 Å². The van der Waals surface area contributed by atoms with Crippen LogP contribution in [0.2, 0.25) is 0 Å². The smallest absolute Gasteiger partial charge is 0.220 e. The van der Waals surface area contributed by atoms with Crippen LogP contribution in [-0.4, -0.2) is 17.1 Å². The molecule has 1 N–H and O–H groups in total. The van der Waals surface area contributed by atoms with Crippen LogP contribution in [0.5, 0.6) is 0 Å². The van der Waals surface area contributed by atoms with Crippen molar-refractivity contribution in [2.75, 3.05) is 6.26 Å². The number of benzene rings is 1. The molecular weight excluding hydrogens is 280 g/mol. The Balaban J connectivity index is 1.83. The molecule has 0 bridgehead atoms. The molecule has 0 aliphatic heterocycles. The molecule has 0 fully saturated rings. The lowest BCUT2D eigenvalue weighted by Gasteiger charge is -2.14. The molecule has 1 aromatic carbocycles. The molecule has 1 aromatic heterocycles. The van der Waals surface area contributed by atoms with Gasteiger partial charge in [0, 0.05) is 23.2 Å². The lowest BCUT2D eigenvalue weighted by atomic mass is 10.1. The lowest BCUT2D eigenvalue weighted by Crippen LogP contribution is -2.26. The van der Waals surface area contributed by atoms with Gasteiger partial charge in [0.25, 0.3) is 0 Å². The summed E-state index contributed by atoms with van der Waals surface area (Å²) in [6.45, 7) is 2.01. The van der Waals surface area contributed by atoms with Crippen LogP contribution >= 0.6 is 11.8 Å². The second-order valence-corrected chi connectivity index (χ2v) is 5.76. The van der Waals surface area contributed by atoms with Crippen molar-refractivity contribution < 1.29 is 4.79 Å². The monoisotopic (exact) mass is 300 g/mol. The molecular formula is C17H20N2OS. The van der Waals surface area contributed by atoms with E-state index in [2.05, 4.69) is 40.8 Å². The Bertz CT molecular complexity index is 569. The van der Waals surface area contributed by atoms with E-state index in [4.69, 9.17) is 0 Å². The Morgan fingerprint density at radius 1 is 1.24 bits per heavy atom. The minimum atomic E-state index is 0.0251. The number of carbonyl (C=O) groups is 1. The molecule has 0 radical (unpaired) electrons. The molecule has 2 aromatic rings. The van der Waals surface area contributed by atoms with Gasteiger partial charge < -0.3 is 5.32 Å². The van der Waals surface area contributed by atoms with E-state index in [0.717, 1.165) is 11.3 Å². The van der Waals surface area contributed by atoms with Gasteiger partial charge in [-0.25, -0.2) is 0 Å². The van der Waals surface area contributed by atoms with Crippen LogP contribution in [0.25, 0.3) is 0 Å². The molecule has 1 amide bonds. The summed E-state index contributed by atoms with van der Waals surface area (Å²) in [6, 6.07) is 14.1. The van der Waals surface area contributed by atoms with Gasteiger partial charge in [-0.1, -0.05) is 18.2 Å². The molecule has 0 saturated carbocycles. The third-order valence-corrected chi connectivity index (χ3v) is 4.07. The quantitative estimate of drug-likeness (QED) is 0.829. The summed E-state index contributed by atoms with van der Waals surface area (Å²) in [6.07, 6.45) is 4.94. The molecule has 2 rings (SSSR count). The number of hydrogen-bond donors (Lipinski definition) is 1. The molecule has 4 heteroatoms. The minimum absolute atomic E-state index is 0.0251. The Morgan fingerprint density at radius 2 is 2.00 bits per heavy atom. The first-order valence-corrected chi connectivity index (χ1v) is 8.24. The van der Waals surface area contributed by atoms with Gasteiger partial charge in [0.2, 0.25) is 5.91 Å². The van der Waals surface area contributed by atoms with E-state index in [1.807, 2.05) is 25.1 Å². The lowest BCUT2D eigenvalue weighted by molar-refractivity contribution is -0.121. The topological polar surface area (TPSA) is 42.0 Å². The first-order chi connectivity index (χ1) is 10.2. The molecule has 0 aliphatic rings. The Morgan fingerprint density at radius 3 is 2.62 bits per heavy atom. The van der Waals surface area contributed by atoms with Crippen LogP contribution in [0.15, 0.2) is 53.6 Å². The molecule has 1 heterocycles. The normalized spacial score (nSPS) is 11.9.